The van der Waals surface area contributed by atoms with Gasteiger partial charge < -0.3 is 24.4 Å². The summed E-state index contributed by atoms with van der Waals surface area (Å²) in [6.45, 7) is 5.18. The van der Waals surface area contributed by atoms with E-state index in [2.05, 4.69) is 14.8 Å². The number of aromatic nitrogens is 2. The maximum Gasteiger partial charge on any atom is 0.322 e. The average Bonchev–Trinajstić information content (AvgIpc) is 3.53. The van der Waals surface area contributed by atoms with Crippen molar-refractivity contribution in [2.24, 2.45) is 7.05 Å². The second kappa shape index (κ2) is 9.95. The summed E-state index contributed by atoms with van der Waals surface area (Å²) in [5, 5.41) is 2.95. The van der Waals surface area contributed by atoms with Crippen LogP contribution < -0.4 is 10.1 Å². The van der Waals surface area contributed by atoms with E-state index >= 15 is 0 Å². The summed E-state index contributed by atoms with van der Waals surface area (Å²) >= 11 is 0. The number of rotatable bonds is 5. The van der Waals surface area contributed by atoms with E-state index in [0.29, 0.717) is 36.6 Å². The molecule has 3 amide bonds. The van der Waals surface area contributed by atoms with Crippen LogP contribution in [0.25, 0.3) is 11.0 Å². The second-order valence-electron chi connectivity index (χ2n) is 9.18. The van der Waals surface area contributed by atoms with Crippen LogP contribution in [0.15, 0.2) is 42.5 Å². The number of carbonyl (C=O) groups excluding carboxylic acids is 2. The van der Waals surface area contributed by atoms with Gasteiger partial charge in [-0.2, -0.15) is 0 Å². The number of imidazole rings is 1. The van der Waals surface area contributed by atoms with Gasteiger partial charge in [-0.05, 0) is 43.2 Å². The quantitative estimate of drug-likeness (QED) is 0.612. The van der Waals surface area contributed by atoms with E-state index in [1.807, 2.05) is 59.3 Å². The highest BCUT2D eigenvalue weighted by atomic mass is 16.5. The molecule has 5 rings (SSSR count). The van der Waals surface area contributed by atoms with Crippen molar-refractivity contribution in [1.29, 1.82) is 0 Å². The molecule has 1 N–H and O–H groups in total. The lowest BCUT2D eigenvalue weighted by atomic mass is 10.2. The molecule has 1 aromatic heterocycles. The number of para-hydroxylation sites is 2. The zero-order chi connectivity index (χ0) is 24.4. The van der Waals surface area contributed by atoms with E-state index in [1.54, 1.807) is 7.11 Å². The third-order valence-electron chi connectivity index (χ3n) is 6.99. The Kier molecular flexibility index (Phi) is 6.59. The lowest BCUT2D eigenvalue weighted by Crippen LogP contribution is -2.49. The predicted molar refractivity (Wildman–Crippen MR) is 135 cm³/mol. The number of benzene rings is 2. The molecule has 184 valence electrons. The van der Waals surface area contributed by atoms with E-state index in [4.69, 9.17) is 9.72 Å². The number of carbonyl (C=O) groups is 2. The highest BCUT2D eigenvalue weighted by Crippen LogP contribution is 2.24. The molecular formula is C26H32N6O3. The molecule has 2 aromatic carbocycles. The predicted octanol–water partition coefficient (Wildman–Crippen LogP) is 3.17. The Morgan fingerprint density at radius 3 is 2.46 bits per heavy atom. The van der Waals surface area contributed by atoms with Crippen molar-refractivity contribution in [1.82, 2.24) is 24.3 Å². The summed E-state index contributed by atoms with van der Waals surface area (Å²) in [5.41, 5.74) is 3.25. The Morgan fingerprint density at radius 2 is 1.71 bits per heavy atom. The van der Waals surface area contributed by atoms with Crippen LogP contribution in [-0.2, 0) is 13.6 Å². The van der Waals surface area contributed by atoms with Gasteiger partial charge in [-0.15, -0.1) is 0 Å². The number of nitrogens with one attached hydrogen (secondary N) is 1. The number of nitrogens with zero attached hydrogens (tertiary/aromatic N) is 5. The van der Waals surface area contributed by atoms with Gasteiger partial charge in [0.15, 0.2) is 0 Å². The molecule has 9 heteroatoms. The first-order valence-corrected chi connectivity index (χ1v) is 12.2. The smallest absolute Gasteiger partial charge is 0.322 e. The first kappa shape index (κ1) is 23.2. The molecular weight excluding hydrogens is 444 g/mol. The molecule has 0 unspecified atom stereocenters. The van der Waals surface area contributed by atoms with Gasteiger partial charge in [-0.1, -0.05) is 12.1 Å². The molecule has 0 spiro atoms. The van der Waals surface area contributed by atoms with Crippen LogP contribution in [0, 0.1) is 0 Å². The molecule has 0 radical (unpaired) electrons. The molecule has 3 aromatic rings. The van der Waals surface area contributed by atoms with Crippen LogP contribution in [0.2, 0.25) is 0 Å². The first-order valence-electron chi connectivity index (χ1n) is 12.2. The second-order valence-corrected chi connectivity index (χ2v) is 9.18. The number of anilines is 1. The zero-order valence-corrected chi connectivity index (χ0v) is 20.4. The Balaban J connectivity index is 1.20. The van der Waals surface area contributed by atoms with Crippen molar-refractivity contribution < 1.29 is 14.3 Å². The van der Waals surface area contributed by atoms with Crippen molar-refractivity contribution in [2.75, 3.05) is 51.7 Å². The molecule has 3 heterocycles. The van der Waals surface area contributed by atoms with Crippen LogP contribution in [0.3, 0.4) is 0 Å². The van der Waals surface area contributed by atoms with Crippen molar-refractivity contribution in [2.45, 2.75) is 19.4 Å². The van der Waals surface area contributed by atoms with Gasteiger partial charge >= 0.3 is 6.03 Å². The number of likely N-dealkylation sites (tertiary alicyclic amines) is 1. The van der Waals surface area contributed by atoms with Gasteiger partial charge in [0.1, 0.15) is 11.6 Å². The van der Waals surface area contributed by atoms with Gasteiger partial charge in [0.2, 0.25) is 0 Å². The van der Waals surface area contributed by atoms with Crippen LogP contribution >= 0.6 is 0 Å². The van der Waals surface area contributed by atoms with Gasteiger partial charge in [0.05, 0.1) is 30.4 Å². The molecule has 0 bridgehead atoms. The molecule has 2 saturated heterocycles. The van der Waals surface area contributed by atoms with Gasteiger partial charge in [0, 0.05) is 51.9 Å². The van der Waals surface area contributed by atoms with Gasteiger partial charge in [-0.25, -0.2) is 9.78 Å². The Bertz CT molecular complexity index is 1230. The summed E-state index contributed by atoms with van der Waals surface area (Å²) in [6, 6.07) is 13.1. The molecule has 0 saturated carbocycles. The average molecular weight is 477 g/mol. The fourth-order valence-corrected chi connectivity index (χ4v) is 4.88. The van der Waals surface area contributed by atoms with E-state index in [1.165, 1.54) is 0 Å². The Hall–Kier alpha value is -3.59. The number of piperazine rings is 1. The number of urea groups is 1. The molecule has 0 aliphatic carbocycles. The Morgan fingerprint density at radius 1 is 0.971 bits per heavy atom. The van der Waals surface area contributed by atoms with Crippen molar-refractivity contribution in [3.63, 3.8) is 0 Å². The largest absolute Gasteiger partial charge is 0.495 e. The van der Waals surface area contributed by atoms with Gasteiger partial charge in [0.25, 0.3) is 5.91 Å². The lowest BCUT2D eigenvalue weighted by molar-refractivity contribution is 0.0793. The number of amides is 3. The van der Waals surface area contributed by atoms with Crippen LogP contribution in [-0.4, -0.2) is 82.6 Å². The van der Waals surface area contributed by atoms with Crippen LogP contribution in [0.4, 0.5) is 10.5 Å². The maximum atomic E-state index is 12.8. The Labute approximate surface area is 205 Å². The van der Waals surface area contributed by atoms with Gasteiger partial charge in [-0.3, -0.25) is 9.69 Å². The van der Waals surface area contributed by atoms with Crippen molar-refractivity contribution >= 4 is 28.7 Å². The highest BCUT2D eigenvalue weighted by molar-refractivity contribution is 5.97. The maximum absolute atomic E-state index is 12.8. The normalized spacial score (nSPS) is 16.6. The summed E-state index contributed by atoms with van der Waals surface area (Å²) in [6.07, 6.45) is 2.16. The number of hydrogen-bond donors (Lipinski definition) is 1. The first-order chi connectivity index (χ1) is 17.0. The molecule has 2 fully saturated rings. The molecule has 35 heavy (non-hydrogen) atoms. The number of methoxy groups -OCH3 is 1. The zero-order valence-electron chi connectivity index (χ0n) is 20.4. The monoisotopic (exact) mass is 476 g/mol. The molecule has 0 atom stereocenters. The van der Waals surface area contributed by atoms with E-state index in [0.717, 1.165) is 55.9 Å². The summed E-state index contributed by atoms with van der Waals surface area (Å²) < 4.78 is 7.42. The SMILES string of the molecule is COc1ccccc1NC(=O)N1CCN(Cc2nc3cc(C(=O)N4CCCC4)ccc3n2C)CC1. The van der Waals surface area contributed by atoms with Crippen molar-refractivity contribution in [3.05, 3.63) is 53.9 Å². The molecule has 2 aliphatic rings. The fraction of sp³-hybridized carbons (Fsp3) is 0.423. The summed E-state index contributed by atoms with van der Waals surface area (Å²) in [5.74, 6) is 1.70. The number of aryl methyl sites for hydroxylation is 1. The minimum atomic E-state index is -0.118. The van der Waals surface area contributed by atoms with E-state index in [-0.39, 0.29) is 11.9 Å². The van der Waals surface area contributed by atoms with E-state index < -0.39 is 0 Å². The van der Waals surface area contributed by atoms with Crippen LogP contribution in [0.5, 0.6) is 5.75 Å². The minimum Gasteiger partial charge on any atom is -0.495 e. The topological polar surface area (TPSA) is 82.9 Å². The summed E-state index contributed by atoms with van der Waals surface area (Å²) in [4.78, 5) is 36.4. The highest BCUT2D eigenvalue weighted by Gasteiger charge is 2.24. The standard InChI is InChI=1S/C26H32N6O3/c1-29-22-10-9-19(25(33)31-11-5-6-12-31)17-21(22)27-24(29)18-30-13-15-32(16-14-30)26(34)28-20-7-3-4-8-23(20)35-2/h3-4,7-10,17H,5-6,11-16,18H2,1-2H3,(H,28,34). The van der Waals surface area contributed by atoms with Crippen molar-refractivity contribution in [3.8, 4) is 5.75 Å². The minimum absolute atomic E-state index is 0.0964. The summed E-state index contributed by atoms with van der Waals surface area (Å²) in [7, 11) is 3.61. The number of fused-ring (bicyclic) bond motifs is 1. The number of ether oxygens (including phenoxy) is 1. The third-order valence-corrected chi connectivity index (χ3v) is 6.99. The molecule has 2 aliphatic heterocycles. The fourth-order valence-electron chi connectivity index (χ4n) is 4.88. The lowest BCUT2D eigenvalue weighted by Gasteiger charge is -2.34. The van der Waals surface area contributed by atoms with Crippen LogP contribution in [0.1, 0.15) is 29.0 Å². The molecule has 9 nitrogen and oxygen atoms in total. The van der Waals surface area contributed by atoms with E-state index in [9.17, 15) is 9.59 Å². The number of hydrogen-bond acceptors (Lipinski definition) is 5. The third kappa shape index (κ3) is 4.81.